The van der Waals surface area contributed by atoms with E-state index >= 15 is 0 Å². The van der Waals surface area contributed by atoms with Crippen molar-refractivity contribution in [3.05, 3.63) is 112 Å². The maximum atomic E-state index is 14.3. The Balaban J connectivity index is 1.22. The molecule has 2 amide bonds. The molecular formula is C40H32F3NO8. The van der Waals surface area contributed by atoms with Gasteiger partial charge in [-0.15, -0.1) is 13.2 Å². The molecule has 1 aliphatic heterocycles. The van der Waals surface area contributed by atoms with E-state index in [1.807, 2.05) is 18.2 Å². The third kappa shape index (κ3) is 5.97. The van der Waals surface area contributed by atoms with Crippen molar-refractivity contribution in [2.24, 2.45) is 17.8 Å². The van der Waals surface area contributed by atoms with E-state index in [0.29, 0.717) is 22.8 Å². The first-order chi connectivity index (χ1) is 24.8. The van der Waals surface area contributed by atoms with Crippen LogP contribution < -0.4 is 19.1 Å². The molecule has 266 valence electrons. The van der Waals surface area contributed by atoms with Gasteiger partial charge in [-0.2, -0.15) is 0 Å². The fourth-order valence-electron chi connectivity index (χ4n) is 7.84. The fraction of sp³-hybridized carbons (Fsp3) is 0.250. The number of rotatable bonds is 7. The van der Waals surface area contributed by atoms with Gasteiger partial charge in [-0.3, -0.25) is 24.1 Å². The molecule has 7 rings (SSSR count). The maximum absolute atomic E-state index is 14.3. The van der Waals surface area contributed by atoms with Gasteiger partial charge in [0.1, 0.15) is 23.0 Å². The van der Waals surface area contributed by atoms with Crippen molar-refractivity contribution in [3.63, 3.8) is 0 Å². The summed E-state index contributed by atoms with van der Waals surface area (Å²) in [6.45, 7) is 1.49. The molecule has 4 unspecified atom stereocenters. The zero-order valence-corrected chi connectivity index (χ0v) is 28.2. The molecule has 0 aromatic heterocycles. The van der Waals surface area contributed by atoms with Gasteiger partial charge in [0.15, 0.2) is 11.6 Å². The van der Waals surface area contributed by atoms with Crippen LogP contribution >= 0.6 is 0 Å². The molecule has 0 bridgehead atoms. The Labute approximate surface area is 296 Å². The smallest absolute Gasteiger partial charge is 0.508 e. The molecule has 4 aliphatic rings. The average Bonchev–Trinajstić information content (AvgIpc) is 3.38. The van der Waals surface area contributed by atoms with Crippen molar-refractivity contribution in [3.8, 4) is 23.0 Å². The summed E-state index contributed by atoms with van der Waals surface area (Å²) in [5, 5.41) is 11.0. The average molecular weight is 712 g/mol. The van der Waals surface area contributed by atoms with Crippen LogP contribution in [0.5, 0.6) is 23.0 Å². The number of carbonyl (C=O) groups is 4. The Kier molecular flexibility index (Phi) is 8.64. The van der Waals surface area contributed by atoms with Crippen LogP contribution in [0.4, 0.5) is 18.9 Å². The van der Waals surface area contributed by atoms with Crippen LogP contribution in [0.3, 0.4) is 0 Å². The van der Waals surface area contributed by atoms with Crippen LogP contribution in [0.25, 0.3) is 12.2 Å². The third-order valence-electron chi connectivity index (χ3n) is 10.1. The number of imide groups is 1. The monoisotopic (exact) mass is 711 g/mol. The van der Waals surface area contributed by atoms with Crippen molar-refractivity contribution >= 4 is 41.2 Å². The molecule has 3 aromatic carbocycles. The summed E-state index contributed by atoms with van der Waals surface area (Å²) in [6.07, 6.45) is 1.64. The van der Waals surface area contributed by atoms with Crippen LogP contribution in [0.1, 0.15) is 42.4 Å². The van der Waals surface area contributed by atoms with E-state index in [-0.39, 0.29) is 35.1 Å². The first kappa shape index (κ1) is 34.5. The van der Waals surface area contributed by atoms with E-state index in [1.54, 1.807) is 56.7 Å². The number of fused-ring (bicyclic) bond motifs is 3. The molecule has 1 saturated heterocycles. The van der Waals surface area contributed by atoms with Crippen LogP contribution in [-0.4, -0.2) is 49.1 Å². The lowest BCUT2D eigenvalue weighted by atomic mass is 9.59. The largest absolute Gasteiger partial charge is 0.573 e. The van der Waals surface area contributed by atoms with Gasteiger partial charge in [0, 0.05) is 33.8 Å². The van der Waals surface area contributed by atoms with Gasteiger partial charge in [0.2, 0.25) is 11.8 Å². The first-order valence-electron chi connectivity index (χ1n) is 16.5. The highest BCUT2D eigenvalue weighted by Crippen LogP contribution is 2.56. The number of methoxy groups -OCH3 is 2. The standard InChI is InChI=1S/C40H32F3NO8/c1-20-16-32(46)36-30(37(20)47)19-28-26(34(36)29-18-25(10-14-31(29)45)52-40(41,42)43)12-13-27-35(28)39(49)44(38(27)48)23-8-5-21(6-9-23)4-7-22-17-24(50-2)11-15-33(22)51-3/h4-12,14-18,27-28,34-35,45H,13,19H2,1-3H3. The van der Waals surface area contributed by atoms with Crippen molar-refractivity contribution in [2.45, 2.75) is 32.0 Å². The molecule has 1 heterocycles. The summed E-state index contributed by atoms with van der Waals surface area (Å²) in [5.41, 5.74) is 2.63. The number of amides is 2. The minimum absolute atomic E-state index is 0.0276. The van der Waals surface area contributed by atoms with E-state index in [9.17, 15) is 37.5 Å². The molecule has 3 aliphatic carbocycles. The molecule has 9 nitrogen and oxygen atoms in total. The van der Waals surface area contributed by atoms with Crippen LogP contribution in [0.2, 0.25) is 0 Å². The molecule has 3 aromatic rings. The molecule has 1 N–H and O–H groups in total. The number of alkyl halides is 3. The number of ketones is 2. The highest BCUT2D eigenvalue weighted by atomic mass is 19.4. The molecular weight excluding hydrogens is 679 g/mol. The second-order valence-electron chi connectivity index (χ2n) is 13.0. The lowest BCUT2D eigenvalue weighted by Crippen LogP contribution is -2.39. The second-order valence-corrected chi connectivity index (χ2v) is 13.0. The van der Waals surface area contributed by atoms with Crippen molar-refractivity contribution in [1.29, 1.82) is 0 Å². The summed E-state index contributed by atoms with van der Waals surface area (Å²) in [4.78, 5) is 56.4. The van der Waals surface area contributed by atoms with Gasteiger partial charge < -0.3 is 19.3 Å². The Morgan fingerprint density at radius 2 is 1.60 bits per heavy atom. The quantitative estimate of drug-likeness (QED) is 0.119. The number of carbonyl (C=O) groups excluding carboxylic acids is 4. The van der Waals surface area contributed by atoms with E-state index in [1.165, 1.54) is 13.0 Å². The number of anilines is 1. The topological polar surface area (TPSA) is 119 Å². The van der Waals surface area contributed by atoms with Gasteiger partial charge >= 0.3 is 6.36 Å². The molecule has 52 heavy (non-hydrogen) atoms. The zero-order chi connectivity index (χ0) is 37.1. The predicted molar refractivity (Wildman–Crippen MR) is 184 cm³/mol. The lowest BCUT2D eigenvalue weighted by Gasteiger charge is -2.42. The SMILES string of the molecule is COc1ccc(OC)c(C=Cc2ccc(N3C(=O)C4CC=C5C(c6cc(OC(F)(F)F)ccc6O)C6=C(CC5C4C3=O)C(=O)C(C)=CC6=O)cc2)c1. The lowest BCUT2D eigenvalue weighted by molar-refractivity contribution is -0.274. The number of ether oxygens (including phenoxy) is 3. The number of nitrogens with zero attached hydrogens (tertiary/aromatic N) is 1. The van der Waals surface area contributed by atoms with Crippen molar-refractivity contribution in [1.82, 2.24) is 0 Å². The number of hydrogen-bond donors (Lipinski definition) is 1. The molecule has 0 radical (unpaired) electrons. The molecule has 0 spiro atoms. The normalized spacial score (nSPS) is 22.9. The van der Waals surface area contributed by atoms with Crippen molar-refractivity contribution < 1.29 is 51.7 Å². The number of hydrogen-bond acceptors (Lipinski definition) is 8. The number of halogens is 3. The number of Topliss-reactive ketones (excluding diaryl/α,β-unsaturated/α-hetero) is 1. The van der Waals surface area contributed by atoms with E-state index in [2.05, 4.69) is 4.74 Å². The van der Waals surface area contributed by atoms with Gasteiger partial charge in [0.05, 0.1) is 31.7 Å². The van der Waals surface area contributed by atoms with E-state index in [0.717, 1.165) is 34.2 Å². The number of allylic oxidation sites excluding steroid dienone is 6. The second kappa shape index (κ2) is 13.0. The van der Waals surface area contributed by atoms with Gasteiger partial charge in [-0.25, -0.2) is 0 Å². The Hall–Kier alpha value is -5.91. The summed E-state index contributed by atoms with van der Waals surface area (Å²) in [7, 11) is 3.13. The molecule has 1 fully saturated rings. The third-order valence-corrected chi connectivity index (χ3v) is 10.1. The number of phenols is 1. The van der Waals surface area contributed by atoms with Gasteiger partial charge in [-0.1, -0.05) is 35.9 Å². The Bertz CT molecular complexity index is 2160. The van der Waals surface area contributed by atoms with Gasteiger partial charge in [-0.05, 0) is 85.9 Å². The highest BCUT2D eigenvalue weighted by Gasteiger charge is 2.57. The minimum Gasteiger partial charge on any atom is -0.508 e. The first-order valence-corrected chi connectivity index (χ1v) is 16.5. The molecule has 12 heteroatoms. The zero-order valence-electron chi connectivity index (χ0n) is 28.2. The van der Waals surface area contributed by atoms with Crippen LogP contribution in [-0.2, 0) is 19.2 Å². The maximum Gasteiger partial charge on any atom is 0.573 e. The fourth-order valence-corrected chi connectivity index (χ4v) is 7.84. The number of aromatic hydroxyl groups is 1. The summed E-state index contributed by atoms with van der Waals surface area (Å²) < 4.78 is 54.5. The number of phenolic OH excluding ortho intramolecular Hbond substituents is 1. The predicted octanol–water partition coefficient (Wildman–Crippen LogP) is 7.11. The van der Waals surface area contributed by atoms with E-state index < -0.39 is 64.9 Å². The van der Waals surface area contributed by atoms with Crippen molar-refractivity contribution in [2.75, 3.05) is 19.1 Å². The summed E-state index contributed by atoms with van der Waals surface area (Å²) in [5.74, 6) is -5.21. The minimum atomic E-state index is -5.03. The van der Waals surface area contributed by atoms with Crippen LogP contribution in [0.15, 0.2) is 95.1 Å². The molecule has 0 saturated carbocycles. The highest BCUT2D eigenvalue weighted by molar-refractivity contribution is 6.25. The van der Waals surface area contributed by atoms with Gasteiger partial charge in [0.25, 0.3) is 0 Å². The summed E-state index contributed by atoms with van der Waals surface area (Å²) >= 11 is 0. The molecule has 4 atom stereocenters. The number of benzene rings is 3. The van der Waals surface area contributed by atoms with E-state index in [4.69, 9.17) is 9.47 Å². The Morgan fingerprint density at radius 1 is 0.865 bits per heavy atom. The Morgan fingerprint density at radius 3 is 2.29 bits per heavy atom. The van der Waals surface area contributed by atoms with Crippen LogP contribution in [0, 0.1) is 17.8 Å². The summed E-state index contributed by atoms with van der Waals surface area (Å²) in [6, 6.07) is 15.2.